The molecule has 0 radical (unpaired) electrons. The molecule has 42 valence electrons. The van der Waals surface area contributed by atoms with Gasteiger partial charge in [-0.1, -0.05) is 0 Å². The molecule has 0 aromatic heterocycles. The molecular weight excluding hydrogens is 102 g/mol. The van der Waals surface area contributed by atoms with Crippen LogP contribution < -0.4 is 0 Å². The fraction of sp³-hybridized carbons (Fsp3) is 0.167. The van der Waals surface area contributed by atoms with Crippen LogP contribution in [-0.2, 0) is 4.74 Å². The molecule has 8 heavy (non-hydrogen) atoms. The first-order valence-corrected chi connectivity index (χ1v) is 2.45. The Morgan fingerprint density at radius 2 is 2.50 bits per heavy atom. The minimum absolute atomic E-state index is 0.641. The van der Waals surface area contributed by atoms with Crippen LogP contribution in [0.25, 0.3) is 0 Å². The quantitative estimate of drug-likeness (QED) is 0.456. The zero-order valence-electron chi connectivity index (χ0n) is 4.45. The first-order valence-electron chi connectivity index (χ1n) is 2.45. The van der Waals surface area contributed by atoms with E-state index in [1.165, 1.54) is 0 Å². The van der Waals surface area contributed by atoms with E-state index in [-0.39, 0.29) is 0 Å². The van der Waals surface area contributed by atoms with Crippen LogP contribution in [0.3, 0.4) is 0 Å². The van der Waals surface area contributed by atoms with E-state index in [0.29, 0.717) is 6.61 Å². The summed E-state index contributed by atoms with van der Waals surface area (Å²) in [5, 5.41) is 0. The maximum absolute atomic E-state index is 4.89. The Morgan fingerprint density at radius 3 is 3.50 bits per heavy atom. The van der Waals surface area contributed by atoms with E-state index in [0.717, 1.165) is 0 Å². The fourth-order valence-electron chi connectivity index (χ4n) is 0.405. The molecular formula is C6H7NO. The first kappa shape index (κ1) is 5.09. The monoisotopic (exact) mass is 109 g/mol. The molecule has 0 saturated heterocycles. The lowest BCUT2D eigenvalue weighted by atomic mass is 10.5. The van der Waals surface area contributed by atoms with Crippen LogP contribution in [0.15, 0.2) is 29.6 Å². The highest BCUT2D eigenvalue weighted by atomic mass is 16.5. The Kier molecular flexibility index (Phi) is 1.92. The minimum atomic E-state index is 0.641. The van der Waals surface area contributed by atoms with Crippen molar-refractivity contribution < 1.29 is 4.74 Å². The predicted octanol–water partition coefficient (Wildman–Crippen LogP) is 1.11. The lowest BCUT2D eigenvalue weighted by molar-refractivity contribution is 0.289. The molecule has 1 rings (SSSR count). The third-order valence-electron chi connectivity index (χ3n) is 0.744. The number of allylic oxidation sites excluding steroid dienone is 1. The lowest BCUT2D eigenvalue weighted by Gasteiger charge is -1.92. The van der Waals surface area contributed by atoms with E-state index in [9.17, 15) is 0 Å². The Labute approximate surface area is 48.2 Å². The van der Waals surface area contributed by atoms with Crippen LogP contribution in [0.1, 0.15) is 0 Å². The lowest BCUT2D eigenvalue weighted by Crippen LogP contribution is -1.82. The van der Waals surface area contributed by atoms with Crippen LogP contribution in [0.5, 0.6) is 0 Å². The van der Waals surface area contributed by atoms with Crippen molar-refractivity contribution in [2.45, 2.75) is 0 Å². The summed E-state index contributed by atoms with van der Waals surface area (Å²) in [4.78, 5) is 3.81. The summed E-state index contributed by atoms with van der Waals surface area (Å²) in [6.45, 7) is 0.641. The van der Waals surface area contributed by atoms with Crippen molar-refractivity contribution in [1.82, 2.24) is 0 Å². The van der Waals surface area contributed by atoms with Crippen LogP contribution in [0, 0.1) is 0 Å². The zero-order valence-corrected chi connectivity index (χ0v) is 4.45. The van der Waals surface area contributed by atoms with Crippen molar-refractivity contribution in [2.24, 2.45) is 4.99 Å². The number of nitrogens with zero attached hydrogens (tertiary/aromatic N) is 1. The largest absolute Gasteiger partial charge is 0.496 e. The van der Waals surface area contributed by atoms with Crippen LogP contribution in [0.4, 0.5) is 0 Å². The highest BCUT2D eigenvalue weighted by Crippen LogP contribution is 1.83. The number of ether oxygens (including phenoxy) is 1. The molecule has 0 aromatic rings. The maximum atomic E-state index is 4.89. The number of rotatable bonds is 0. The van der Waals surface area contributed by atoms with Gasteiger partial charge in [-0.3, -0.25) is 4.99 Å². The predicted molar refractivity (Wildman–Crippen MR) is 32.7 cm³/mol. The highest BCUT2D eigenvalue weighted by Gasteiger charge is 1.74. The molecule has 0 unspecified atom stereocenters. The molecule has 0 fully saturated rings. The summed E-state index contributed by atoms with van der Waals surface area (Å²) in [6, 6.07) is 0. The molecule has 2 heteroatoms. The molecule has 0 spiro atoms. The van der Waals surface area contributed by atoms with Crippen molar-refractivity contribution >= 4 is 6.21 Å². The Balaban J connectivity index is 2.51. The van der Waals surface area contributed by atoms with E-state index in [4.69, 9.17) is 4.74 Å². The number of hydrogen-bond acceptors (Lipinski definition) is 2. The topological polar surface area (TPSA) is 21.6 Å². The van der Waals surface area contributed by atoms with E-state index in [1.54, 1.807) is 18.7 Å². The van der Waals surface area contributed by atoms with Crippen molar-refractivity contribution in [3.8, 4) is 0 Å². The molecule has 0 saturated carbocycles. The second kappa shape index (κ2) is 3.02. The van der Waals surface area contributed by atoms with Crippen molar-refractivity contribution in [3.63, 3.8) is 0 Å². The van der Waals surface area contributed by atoms with E-state index in [2.05, 4.69) is 4.99 Å². The van der Waals surface area contributed by atoms with Gasteiger partial charge in [0, 0.05) is 6.21 Å². The smallest absolute Gasteiger partial charge is 0.106 e. The number of aliphatic imine (C=N–C) groups is 1. The molecule has 0 bridgehead atoms. The summed E-state index contributed by atoms with van der Waals surface area (Å²) in [5.41, 5.74) is 0. The third kappa shape index (κ3) is 1.60. The Morgan fingerprint density at radius 1 is 1.50 bits per heavy atom. The summed E-state index contributed by atoms with van der Waals surface area (Å²) in [5.74, 6) is 0. The normalized spacial score (nSPS) is 29.0. The van der Waals surface area contributed by atoms with Crippen molar-refractivity contribution in [1.29, 1.82) is 0 Å². The fourth-order valence-corrected chi connectivity index (χ4v) is 0.405. The van der Waals surface area contributed by atoms with Gasteiger partial charge in [-0.2, -0.15) is 0 Å². The Hall–Kier alpha value is -1.05. The van der Waals surface area contributed by atoms with Gasteiger partial charge in [0.05, 0.1) is 6.20 Å². The molecule has 1 heterocycles. The summed E-state index contributed by atoms with van der Waals surface area (Å²) in [7, 11) is 0. The molecule has 2 nitrogen and oxygen atoms in total. The van der Waals surface area contributed by atoms with E-state index < -0.39 is 0 Å². The highest BCUT2D eigenvalue weighted by molar-refractivity contribution is 5.71. The van der Waals surface area contributed by atoms with E-state index >= 15 is 0 Å². The number of hydrogen-bond donors (Lipinski definition) is 0. The molecule has 0 aromatic carbocycles. The van der Waals surface area contributed by atoms with E-state index in [1.807, 2.05) is 12.2 Å². The molecule has 1 aliphatic heterocycles. The average molecular weight is 109 g/mol. The SMILES string of the molecule is C1=C/CO\C=C/N=C\1. The van der Waals surface area contributed by atoms with Crippen molar-refractivity contribution in [3.05, 3.63) is 24.6 Å². The van der Waals surface area contributed by atoms with Crippen LogP contribution in [0.2, 0.25) is 0 Å². The van der Waals surface area contributed by atoms with Gasteiger partial charge < -0.3 is 4.74 Å². The minimum Gasteiger partial charge on any atom is -0.496 e. The molecule has 0 N–H and O–H groups in total. The van der Waals surface area contributed by atoms with Gasteiger partial charge in [0.25, 0.3) is 0 Å². The van der Waals surface area contributed by atoms with Crippen LogP contribution in [-0.4, -0.2) is 12.8 Å². The molecule has 0 amide bonds. The second-order valence-corrected chi connectivity index (χ2v) is 1.34. The first-order chi connectivity index (χ1) is 4.00. The van der Waals surface area contributed by atoms with Gasteiger partial charge in [-0.25, -0.2) is 0 Å². The summed E-state index contributed by atoms with van der Waals surface area (Å²) >= 11 is 0. The van der Waals surface area contributed by atoms with Gasteiger partial charge in [-0.05, 0) is 12.2 Å². The maximum Gasteiger partial charge on any atom is 0.106 e. The van der Waals surface area contributed by atoms with Crippen LogP contribution >= 0.6 is 0 Å². The zero-order chi connectivity index (χ0) is 5.66. The summed E-state index contributed by atoms with van der Waals surface area (Å²) < 4.78 is 4.89. The Bertz CT molecular complexity index is 119. The van der Waals surface area contributed by atoms with Gasteiger partial charge in [0.2, 0.25) is 0 Å². The second-order valence-electron chi connectivity index (χ2n) is 1.34. The van der Waals surface area contributed by atoms with Gasteiger partial charge in [0.1, 0.15) is 12.9 Å². The third-order valence-corrected chi connectivity index (χ3v) is 0.744. The van der Waals surface area contributed by atoms with Gasteiger partial charge in [-0.15, -0.1) is 0 Å². The molecule has 1 aliphatic rings. The standard InChI is InChI=1S/C6H7NO/c1-2-5-8-6-4-7-3-1/h1-4,6H,5H2/b2-1-,6-4-,7-3-. The van der Waals surface area contributed by atoms with Crippen molar-refractivity contribution in [2.75, 3.05) is 6.61 Å². The van der Waals surface area contributed by atoms with Gasteiger partial charge in [0.15, 0.2) is 0 Å². The average Bonchev–Trinajstić information content (AvgIpc) is 1.62. The summed E-state index contributed by atoms with van der Waals surface area (Å²) in [6.07, 6.45) is 8.65. The molecule has 0 atom stereocenters. The molecule has 0 aliphatic carbocycles. The van der Waals surface area contributed by atoms with Gasteiger partial charge >= 0.3 is 0 Å².